The molecule has 0 radical (unpaired) electrons. The molecule has 0 aromatic heterocycles. The molecule has 2 atom stereocenters. The molecule has 2 unspecified atom stereocenters. The van der Waals surface area contributed by atoms with E-state index in [1.165, 1.54) is 17.6 Å². The number of hydrogen-bond acceptors (Lipinski definition) is 0. The summed E-state index contributed by atoms with van der Waals surface area (Å²) in [5.74, 6) is 7.58. The summed E-state index contributed by atoms with van der Waals surface area (Å²) in [5.41, 5.74) is 4.35. The zero-order chi connectivity index (χ0) is 23.2. The second kappa shape index (κ2) is 10.3. The van der Waals surface area contributed by atoms with E-state index < -0.39 is 5.67 Å². The number of benzene rings is 1. The normalized spacial score (nSPS) is 21.4. The molecule has 0 aliphatic heterocycles. The summed E-state index contributed by atoms with van der Waals surface area (Å²) in [6, 6.07) is 7.50. The number of halogens is 1. The molecule has 166 valence electrons. The van der Waals surface area contributed by atoms with Crippen molar-refractivity contribution in [3.63, 3.8) is 0 Å². The van der Waals surface area contributed by atoms with Crippen LogP contribution in [0.2, 0.25) is 0 Å². The standard InChI is InChI=1S/C30H39F/c1-22(2)19-23(3)13-18-28-24(4)20-26(21-29(28,5)6)12-10-9-11-25-14-16-27(17-15-25)30(7,8)31/h13-20,26,28H,1,10,12,21H2,2-8H3/b18-13+,23-19-. The van der Waals surface area contributed by atoms with Gasteiger partial charge in [-0.3, -0.25) is 0 Å². The van der Waals surface area contributed by atoms with Crippen molar-refractivity contribution in [2.24, 2.45) is 17.3 Å². The zero-order valence-electron chi connectivity index (χ0n) is 20.5. The van der Waals surface area contributed by atoms with E-state index in [4.69, 9.17) is 0 Å². The molecule has 0 amide bonds. The lowest BCUT2D eigenvalue weighted by Crippen LogP contribution is -2.30. The van der Waals surface area contributed by atoms with Gasteiger partial charge in [-0.15, -0.1) is 0 Å². The van der Waals surface area contributed by atoms with Crippen LogP contribution in [0.1, 0.15) is 78.9 Å². The van der Waals surface area contributed by atoms with Crippen LogP contribution in [0.4, 0.5) is 4.39 Å². The minimum atomic E-state index is -1.31. The van der Waals surface area contributed by atoms with Crippen LogP contribution in [0.15, 0.2) is 71.9 Å². The van der Waals surface area contributed by atoms with E-state index >= 15 is 0 Å². The van der Waals surface area contributed by atoms with E-state index in [0.717, 1.165) is 24.0 Å². The Balaban J connectivity index is 1.99. The minimum Gasteiger partial charge on any atom is -0.239 e. The molecule has 0 spiro atoms. The quantitative estimate of drug-likeness (QED) is 0.246. The Kier molecular flexibility index (Phi) is 8.30. The zero-order valence-corrected chi connectivity index (χ0v) is 20.5. The fourth-order valence-corrected chi connectivity index (χ4v) is 4.61. The maximum absolute atomic E-state index is 14.0. The summed E-state index contributed by atoms with van der Waals surface area (Å²) in [4.78, 5) is 0. The van der Waals surface area contributed by atoms with Crippen molar-refractivity contribution >= 4 is 0 Å². The Labute approximate surface area is 190 Å². The van der Waals surface area contributed by atoms with Gasteiger partial charge in [-0.25, -0.2) is 4.39 Å². The molecule has 0 saturated heterocycles. The van der Waals surface area contributed by atoms with Gasteiger partial charge >= 0.3 is 0 Å². The van der Waals surface area contributed by atoms with Crippen LogP contribution in [0.25, 0.3) is 0 Å². The fraction of sp³-hybridized carbons (Fsp3) is 0.467. The Hall–Kier alpha value is -2.33. The molecule has 0 saturated carbocycles. The largest absolute Gasteiger partial charge is 0.239 e. The second-order valence-electron chi connectivity index (χ2n) is 10.3. The molecule has 0 N–H and O–H groups in total. The first-order valence-electron chi connectivity index (χ1n) is 11.4. The molecule has 0 bridgehead atoms. The average molecular weight is 419 g/mol. The summed E-state index contributed by atoms with van der Waals surface area (Å²) >= 11 is 0. The Morgan fingerprint density at radius 2 is 1.87 bits per heavy atom. The first-order chi connectivity index (χ1) is 14.4. The van der Waals surface area contributed by atoms with Gasteiger partial charge in [0, 0.05) is 17.9 Å². The lowest BCUT2D eigenvalue weighted by atomic mass is 9.64. The van der Waals surface area contributed by atoms with Crippen LogP contribution in [-0.4, -0.2) is 0 Å². The smallest absolute Gasteiger partial charge is 0.130 e. The predicted octanol–water partition coefficient (Wildman–Crippen LogP) is 8.71. The first kappa shape index (κ1) is 24.9. The van der Waals surface area contributed by atoms with Gasteiger partial charge in [0.05, 0.1) is 0 Å². The predicted molar refractivity (Wildman–Crippen MR) is 134 cm³/mol. The molecule has 0 nitrogen and oxygen atoms in total. The third-order valence-electron chi connectivity index (χ3n) is 6.09. The molecule has 1 aromatic rings. The minimum absolute atomic E-state index is 0.228. The third-order valence-corrected chi connectivity index (χ3v) is 6.09. The Morgan fingerprint density at radius 1 is 1.23 bits per heavy atom. The molecular formula is C30H39F. The highest BCUT2D eigenvalue weighted by Gasteiger charge is 2.34. The summed E-state index contributed by atoms with van der Waals surface area (Å²) in [7, 11) is 0. The van der Waals surface area contributed by atoms with E-state index in [1.54, 1.807) is 13.8 Å². The molecule has 2 rings (SSSR count). The highest BCUT2D eigenvalue weighted by Crippen LogP contribution is 2.45. The molecular weight excluding hydrogens is 379 g/mol. The highest BCUT2D eigenvalue weighted by atomic mass is 19.1. The third kappa shape index (κ3) is 7.70. The van der Waals surface area contributed by atoms with Gasteiger partial charge in [0.25, 0.3) is 0 Å². The maximum Gasteiger partial charge on any atom is 0.130 e. The van der Waals surface area contributed by atoms with Gasteiger partial charge in [-0.05, 0) is 76.5 Å². The SMILES string of the molecule is C=C(C)/C=C(C)\C=C\C1C(C)=CC(CCC#Cc2ccc(C(C)(C)F)cc2)CC1(C)C. The maximum atomic E-state index is 14.0. The van der Waals surface area contributed by atoms with Gasteiger partial charge in [-0.1, -0.05) is 85.4 Å². The van der Waals surface area contributed by atoms with Crippen molar-refractivity contribution in [3.05, 3.63) is 83.0 Å². The van der Waals surface area contributed by atoms with Crippen molar-refractivity contribution in [2.75, 3.05) is 0 Å². The van der Waals surface area contributed by atoms with Gasteiger partial charge in [-0.2, -0.15) is 0 Å². The lowest BCUT2D eigenvalue weighted by molar-refractivity contribution is 0.212. The summed E-state index contributed by atoms with van der Waals surface area (Å²) < 4.78 is 14.0. The van der Waals surface area contributed by atoms with Crippen molar-refractivity contribution in [3.8, 4) is 11.8 Å². The number of alkyl halides is 1. The highest BCUT2D eigenvalue weighted by molar-refractivity contribution is 5.37. The van der Waals surface area contributed by atoms with Gasteiger partial charge < -0.3 is 0 Å². The van der Waals surface area contributed by atoms with Crippen molar-refractivity contribution in [1.82, 2.24) is 0 Å². The van der Waals surface area contributed by atoms with Crippen LogP contribution in [0.5, 0.6) is 0 Å². The van der Waals surface area contributed by atoms with E-state index in [1.807, 2.05) is 31.2 Å². The topological polar surface area (TPSA) is 0 Å². The first-order valence-corrected chi connectivity index (χ1v) is 11.4. The monoisotopic (exact) mass is 418 g/mol. The lowest BCUT2D eigenvalue weighted by Gasteiger charge is -2.40. The van der Waals surface area contributed by atoms with Gasteiger partial charge in [0.1, 0.15) is 5.67 Å². The number of allylic oxidation sites excluding steroid dienone is 7. The summed E-state index contributed by atoms with van der Waals surface area (Å²) in [6.07, 6.45) is 12.3. The van der Waals surface area contributed by atoms with E-state index in [-0.39, 0.29) is 5.41 Å². The molecule has 1 aromatic carbocycles. The van der Waals surface area contributed by atoms with Crippen LogP contribution in [-0.2, 0) is 5.67 Å². The molecule has 0 heterocycles. The number of hydrogen-bond donors (Lipinski definition) is 0. The van der Waals surface area contributed by atoms with E-state index in [2.05, 4.69) is 70.4 Å². The average Bonchev–Trinajstić information content (AvgIpc) is 2.63. The van der Waals surface area contributed by atoms with Gasteiger partial charge in [0.15, 0.2) is 0 Å². The molecule has 0 fully saturated rings. The van der Waals surface area contributed by atoms with Gasteiger partial charge in [0.2, 0.25) is 0 Å². The van der Waals surface area contributed by atoms with Crippen molar-refractivity contribution < 1.29 is 4.39 Å². The van der Waals surface area contributed by atoms with Crippen molar-refractivity contribution in [1.29, 1.82) is 0 Å². The number of rotatable bonds is 6. The second-order valence-corrected chi connectivity index (χ2v) is 10.3. The molecule has 1 aliphatic rings. The van der Waals surface area contributed by atoms with Crippen LogP contribution in [0, 0.1) is 29.1 Å². The molecule has 31 heavy (non-hydrogen) atoms. The summed E-state index contributed by atoms with van der Waals surface area (Å²) in [5, 5.41) is 0. The van der Waals surface area contributed by atoms with Crippen molar-refractivity contribution in [2.45, 2.75) is 73.4 Å². The van der Waals surface area contributed by atoms with Crippen LogP contribution >= 0.6 is 0 Å². The molecule has 1 heteroatoms. The van der Waals surface area contributed by atoms with Crippen LogP contribution < -0.4 is 0 Å². The van der Waals surface area contributed by atoms with Crippen LogP contribution in [0.3, 0.4) is 0 Å². The Morgan fingerprint density at radius 3 is 2.42 bits per heavy atom. The molecule has 1 aliphatic carbocycles. The summed E-state index contributed by atoms with van der Waals surface area (Å²) in [6.45, 7) is 18.3. The van der Waals surface area contributed by atoms with E-state index in [0.29, 0.717) is 17.4 Å². The fourth-order valence-electron chi connectivity index (χ4n) is 4.61. The van der Waals surface area contributed by atoms with E-state index in [9.17, 15) is 4.39 Å². The Bertz CT molecular complexity index is 917.